The van der Waals surface area contributed by atoms with Crippen molar-refractivity contribution in [3.63, 3.8) is 0 Å². The quantitative estimate of drug-likeness (QED) is 0.396. The Kier molecular flexibility index (Phi) is 5.03. The highest BCUT2D eigenvalue weighted by Crippen LogP contribution is 2.16. The van der Waals surface area contributed by atoms with Crippen molar-refractivity contribution in [2.24, 2.45) is 0 Å². The van der Waals surface area contributed by atoms with Crippen molar-refractivity contribution in [2.45, 2.75) is 0 Å². The lowest BCUT2D eigenvalue weighted by Gasteiger charge is -2.02. The van der Waals surface area contributed by atoms with Crippen molar-refractivity contribution >= 4 is 23.4 Å². The third-order valence-corrected chi connectivity index (χ3v) is 2.13. The van der Waals surface area contributed by atoms with Gasteiger partial charge in [0.2, 0.25) is 5.91 Å². The first-order chi connectivity index (χ1) is 8.13. The monoisotopic (exact) mass is 235 g/mol. The minimum Gasteiger partial charge on any atom is -0.399 e. The maximum absolute atomic E-state index is 11.4. The summed E-state index contributed by atoms with van der Waals surface area (Å²) in [5, 5.41) is 2.67. The number of carbonyl (C=O) groups is 1. The number of carbonyl (C=O) groups excluding carboxylic acids is 1. The highest BCUT2D eigenvalue weighted by Gasteiger charge is 1.98. The van der Waals surface area contributed by atoms with Gasteiger partial charge in [-0.3, -0.25) is 4.79 Å². The van der Waals surface area contributed by atoms with Gasteiger partial charge in [-0.2, -0.15) is 0 Å². The first-order valence-corrected chi connectivity index (χ1v) is 5.23. The summed E-state index contributed by atoms with van der Waals surface area (Å²) in [5.41, 5.74) is 13.3. The predicted octanol–water partition coefficient (Wildman–Crippen LogP) is 0.627. The van der Waals surface area contributed by atoms with Crippen LogP contribution in [0.15, 0.2) is 24.3 Å². The molecule has 5 nitrogen and oxygen atoms in total. The van der Waals surface area contributed by atoms with Gasteiger partial charge in [0.25, 0.3) is 0 Å². The molecule has 0 aliphatic rings. The summed E-state index contributed by atoms with van der Waals surface area (Å²) in [6.45, 7) is 0.964. The molecular weight excluding hydrogens is 218 g/mol. The van der Waals surface area contributed by atoms with Crippen molar-refractivity contribution in [3.05, 3.63) is 29.8 Å². The number of nitrogen functional groups attached to an aromatic ring is 2. The fourth-order valence-electron chi connectivity index (χ4n) is 1.24. The molecule has 5 N–H and O–H groups in total. The van der Waals surface area contributed by atoms with Gasteiger partial charge in [-0.15, -0.1) is 0 Å². The number of nitrogens with two attached hydrogens (primary N) is 2. The average Bonchev–Trinajstić information content (AvgIpc) is 2.31. The van der Waals surface area contributed by atoms with Crippen LogP contribution in [0.25, 0.3) is 6.08 Å². The van der Waals surface area contributed by atoms with Crippen LogP contribution in [0.3, 0.4) is 0 Å². The molecule has 1 aromatic carbocycles. The SMILES string of the molecule is COCCNC(=O)/C=C/c1cc(N)ccc1N. The molecule has 0 unspecified atom stereocenters. The van der Waals surface area contributed by atoms with Gasteiger partial charge < -0.3 is 21.5 Å². The Bertz CT molecular complexity index is 416. The summed E-state index contributed by atoms with van der Waals surface area (Å²) < 4.78 is 4.81. The fourth-order valence-corrected chi connectivity index (χ4v) is 1.24. The molecule has 5 heteroatoms. The normalized spacial score (nSPS) is 10.6. The summed E-state index contributed by atoms with van der Waals surface area (Å²) in [6.07, 6.45) is 3.05. The number of hydrogen-bond donors (Lipinski definition) is 3. The molecule has 0 radical (unpaired) electrons. The zero-order chi connectivity index (χ0) is 12.7. The molecule has 0 aromatic heterocycles. The maximum Gasteiger partial charge on any atom is 0.244 e. The lowest BCUT2D eigenvalue weighted by molar-refractivity contribution is -0.116. The summed E-state index contributed by atoms with van der Waals surface area (Å²) in [5.74, 6) is -0.191. The van der Waals surface area contributed by atoms with Gasteiger partial charge >= 0.3 is 0 Å². The van der Waals surface area contributed by atoms with Gasteiger partial charge in [0, 0.05) is 31.1 Å². The number of hydrogen-bond acceptors (Lipinski definition) is 4. The smallest absolute Gasteiger partial charge is 0.244 e. The zero-order valence-corrected chi connectivity index (χ0v) is 9.77. The van der Waals surface area contributed by atoms with Crippen molar-refractivity contribution < 1.29 is 9.53 Å². The molecule has 92 valence electrons. The van der Waals surface area contributed by atoms with Crippen LogP contribution in [0.4, 0.5) is 11.4 Å². The van der Waals surface area contributed by atoms with Gasteiger partial charge in [0.1, 0.15) is 0 Å². The third kappa shape index (κ3) is 4.56. The molecule has 0 aliphatic carbocycles. The van der Waals surface area contributed by atoms with Crippen LogP contribution < -0.4 is 16.8 Å². The van der Waals surface area contributed by atoms with E-state index in [0.29, 0.717) is 24.5 Å². The van der Waals surface area contributed by atoms with Crippen molar-refractivity contribution in [1.82, 2.24) is 5.32 Å². The Morgan fingerprint density at radius 3 is 2.94 bits per heavy atom. The van der Waals surface area contributed by atoms with E-state index in [-0.39, 0.29) is 5.91 Å². The Morgan fingerprint density at radius 1 is 1.47 bits per heavy atom. The number of nitrogens with one attached hydrogen (secondary N) is 1. The topological polar surface area (TPSA) is 90.4 Å². The van der Waals surface area contributed by atoms with Gasteiger partial charge in [0.15, 0.2) is 0 Å². The molecular formula is C12H17N3O2. The Hall–Kier alpha value is -2.01. The first-order valence-electron chi connectivity index (χ1n) is 5.23. The maximum atomic E-state index is 11.4. The molecule has 1 amide bonds. The molecule has 0 bridgehead atoms. The van der Waals surface area contributed by atoms with E-state index in [4.69, 9.17) is 16.2 Å². The lowest BCUT2D eigenvalue weighted by Crippen LogP contribution is -2.24. The fraction of sp³-hybridized carbons (Fsp3) is 0.250. The molecule has 0 aliphatic heterocycles. The Balaban J connectivity index is 2.57. The minimum absolute atomic E-state index is 0.191. The number of methoxy groups -OCH3 is 1. The van der Waals surface area contributed by atoms with E-state index >= 15 is 0 Å². The standard InChI is InChI=1S/C12H17N3O2/c1-17-7-6-15-12(16)5-2-9-8-10(13)3-4-11(9)14/h2-5,8H,6-7,13-14H2,1H3,(H,15,16)/b5-2+. The first kappa shape index (κ1) is 13.1. The Labute approximate surface area is 100 Å². The number of ether oxygens (including phenoxy) is 1. The second-order valence-corrected chi connectivity index (χ2v) is 3.51. The van der Waals surface area contributed by atoms with E-state index < -0.39 is 0 Å². The van der Waals surface area contributed by atoms with Crippen LogP contribution in [0, 0.1) is 0 Å². The van der Waals surface area contributed by atoms with Crippen LogP contribution in [0.5, 0.6) is 0 Å². The predicted molar refractivity (Wildman–Crippen MR) is 69.2 cm³/mol. The van der Waals surface area contributed by atoms with Crippen molar-refractivity contribution in [2.75, 3.05) is 31.7 Å². The highest BCUT2D eigenvalue weighted by molar-refractivity contribution is 5.92. The van der Waals surface area contributed by atoms with Crippen LogP contribution in [0.1, 0.15) is 5.56 Å². The Morgan fingerprint density at radius 2 is 2.24 bits per heavy atom. The van der Waals surface area contributed by atoms with E-state index in [1.807, 2.05) is 0 Å². The number of benzene rings is 1. The third-order valence-electron chi connectivity index (χ3n) is 2.13. The van der Waals surface area contributed by atoms with Crippen molar-refractivity contribution in [3.8, 4) is 0 Å². The number of amides is 1. The van der Waals surface area contributed by atoms with E-state index in [1.165, 1.54) is 6.08 Å². The summed E-state index contributed by atoms with van der Waals surface area (Å²) in [7, 11) is 1.58. The largest absolute Gasteiger partial charge is 0.399 e. The number of rotatable bonds is 5. The molecule has 0 saturated carbocycles. The van der Waals surface area contributed by atoms with Gasteiger partial charge in [0.05, 0.1) is 6.61 Å². The molecule has 17 heavy (non-hydrogen) atoms. The van der Waals surface area contributed by atoms with Crippen molar-refractivity contribution in [1.29, 1.82) is 0 Å². The van der Waals surface area contributed by atoms with Gasteiger partial charge in [-0.1, -0.05) is 0 Å². The lowest BCUT2D eigenvalue weighted by atomic mass is 10.1. The summed E-state index contributed by atoms with van der Waals surface area (Å²) in [4.78, 5) is 11.4. The molecule has 0 saturated heterocycles. The average molecular weight is 235 g/mol. The number of anilines is 2. The molecule has 0 heterocycles. The van der Waals surface area contributed by atoms with Gasteiger partial charge in [-0.25, -0.2) is 0 Å². The molecule has 1 aromatic rings. The van der Waals surface area contributed by atoms with E-state index in [0.717, 1.165) is 5.56 Å². The second kappa shape index (κ2) is 6.55. The van der Waals surface area contributed by atoms with Gasteiger partial charge in [-0.05, 0) is 29.8 Å². The van der Waals surface area contributed by atoms with Crippen LogP contribution in [-0.4, -0.2) is 26.2 Å². The van der Waals surface area contributed by atoms with E-state index in [9.17, 15) is 4.79 Å². The van der Waals surface area contributed by atoms with Crippen LogP contribution in [0.2, 0.25) is 0 Å². The molecule has 0 fully saturated rings. The highest BCUT2D eigenvalue weighted by atomic mass is 16.5. The summed E-state index contributed by atoms with van der Waals surface area (Å²) >= 11 is 0. The molecule has 0 spiro atoms. The van der Waals surface area contributed by atoms with E-state index in [2.05, 4.69) is 5.32 Å². The zero-order valence-electron chi connectivity index (χ0n) is 9.77. The molecule has 0 atom stereocenters. The van der Waals surface area contributed by atoms with Crippen LogP contribution in [-0.2, 0) is 9.53 Å². The van der Waals surface area contributed by atoms with Crippen LogP contribution >= 0.6 is 0 Å². The van der Waals surface area contributed by atoms with E-state index in [1.54, 1.807) is 31.4 Å². The second-order valence-electron chi connectivity index (χ2n) is 3.51. The summed E-state index contributed by atoms with van der Waals surface area (Å²) in [6, 6.07) is 5.14. The minimum atomic E-state index is -0.191. The molecule has 1 rings (SSSR count).